The van der Waals surface area contributed by atoms with Gasteiger partial charge >= 0.3 is 5.97 Å². The smallest absolute Gasteiger partial charge is 0.324 e. The van der Waals surface area contributed by atoms with Crippen LogP contribution in [-0.4, -0.2) is 39.5 Å². The zero-order chi connectivity index (χ0) is 19.7. The topological polar surface area (TPSA) is 102 Å². The molecule has 1 atom stereocenters. The summed E-state index contributed by atoms with van der Waals surface area (Å²) in [7, 11) is -4.26. The summed E-state index contributed by atoms with van der Waals surface area (Å²) >= 11 is 0. The number of halogens is 1. The average Bonchev–Trinajstić information content (AvgIpc) is 2.58. The second-order valence-electron chi connectivity index (χ2n) is 6.08. The molecule has 7 nitrogen and oxygen atoms in total. The molecule has 0 aliphatic carbocycles. The Morgan fingerprint density at radius 3 is 2.46 bits per heavy atom. The van der Waals surface area contributed by atoms with Crippen LogP contribution in [-0.2, 0) is 24.3 Å². The first-order chi connectivity index (χ1) is 12.2. The molecule has 0 saturated heterocycles. The molecule has 1 amide bonds. The van der Waals surface area contributed by atoms with E-state index in [2.05, 4.69) is 10.0 Å². The molecule has 0 saturated carbocycles. The molecule has 1 unspecified atom stereocenters. The van der Waals surface area contributed by atoms with Crippen molar-refractivity contribution < 1.29 is 27.1 Å². The van der Waals surface area contributed by atoms with Crippen LogP contribution in [0.1, 0.15) is 33.6 Å². The van der Waals surface area contributed by atoms with E-state index in [1.54, 1.807) is 13.8 Å². The van der Waals surface area contributed by atoms with Crippen molar-refractivity contribution in [2.45, 2.75) is 44.6 Å². The quantitative estimate of drug-likeness (QED) is 0.468. The monoisotopic (exact) mass is 388 g/mol. The lowest BCUT2D eigenvalue weighted by Crippen LogP contribution is -2.46. The molecule has 1 rings (SSSR count). The minimum absolute atomic E-state index is 0.466. The van der Waals surface area contributed by atoms with Gasteiger partial charge in [-0.15, -0.1) is 0 Å². The summed E-state index contributed by atoms with van der Waals surface area (Å²) in [4.78, 5) is 23.2. The summed E-state index contributed by atoms with van der Waals surface area (Å²) in [5.74, 6) is -2.75. The van der Waals surface area contributed by atoms with Crippen LogP contribution in [0.4, 0.5) is 4.39 Å². The fraction of sp³-hybridized carbons (Fsp3) is 0.529. The maximum absolute atomic E-state index is 13.8. The van der Waals surface area contributed by atoms with Crippen molar-refractivity contribution in [3.8, 4) is 0 Å². The number of carbonyl (C=O) groups is 2. The summed E-state index contributed by atoms with van der Waals surface area (Å²) in [5.41, 5.74) is 0. The number of esters is 1. The van der Waals surface area contributed by atoms with Crippen molar-refractivity contribution in [3.05, 3.63) is 30.1 Å². The molecule has 0 aliphatic heterocycles. The van der Waals surface area contributed by atoms with Gasteiger partial charge in [0.1, 0.15) is 16.8 Å². The predicted octanol–water partition coefficient (Wildman–Crippen LogP) is 1.59. The first-order valence-corrected chi connectivity index (χ1v) is 9.87. The molecule has 0 aromatic heterocycles. The van der Waals surface area contributed by atoms with Crippen LogP contribution in [0.3, 0.4) is 0 Å². The molecule has 146 valence electrons. The molecule has 0 heterocycles. The number of amides is 1. The molecule has 0 aliphatic rings. The number of nitrogens with one attached hydrogen (secondary N) is 2. The molecule has 0 radical (unpaired) electrons. The maximum atomic E-state index is 13.8. The van der Waals surface area contributed by atoms with Crippen molar-refractivity contribution in [1.29, 1.82) is 0 Å². The third kappa shape index (κ3) is 6.72. The number of hydrogen-bond donors (Lipinski definition) is 2. The number of carbonyl (C=O) groups excluding carboxylic acids is 2. The van der Waals surface area contributed by atoms with Crippen molar-refractivity contribution in [1.82, 2.24) is 10.0 Å². The largest absolute Gasteiger partial charge is 0.454 e. The van der Waals surface area contributed by atoms with Crippen LogP contribution in [0.5, 0.6) is 0 Å². The number of hydrogen-bond acceptors (Lipinski definition) is 5. The third-order valence-corrected chi connectivity index (χ3v) is 5.00. The third-order valence-electron chi connectivity index (χ3n) is 3.53. The summed E-state index contributed by atoms with van der Waals surface area (Å²) in [5, 5.41) is 2.58. The molecule has 9 heteroatoms. The van der Waals surface area contributed by atoms with E-state index in [0.717, 1.165) is 25.0 Å². The highest BCUT2D eigenvalue weighted by atomic mass is 32.2. The molecule has 1 aromatic carbocycles. The molecule has 2 N–H and O–H groups in total. The zero-order valence-corrected chi connectivity index (χ0v) is 15.9. The highest BCUT2D eigenvalue weighted by Crippen LogP contribution is 2.16. The van der Waals surface area contributed by atoms with Crippen LogP contribution in [0.2, 0.25) is 0 Å². The van der Waals surface area contributed by atoms with Gasteiger partial charge in [-0.25, -0.2) is 12.8 Å². The predicted molar refractivity (Wildman–Crippen MR) is 94.2 cm³/mol. The minimum Gasteiger partial charge on any atom is -0.454 e. The Kier molecular flexibility index (Phi) is 8.67. The minimum atomic E-state index is -4.26. The van der Waals surface area contributed by atoms with Crippen LogP contribution in [0, 0.1) is 11.7 Å². The van der Waals surface area contributed by atoms with E-state index in [1.165, 1.54) is 12.1 Å². The van der Waals surface area contributed by atoms with Gasteiger partial charge in [-0.3, -0.25) is 9.59 Å². The Labute approximate surface area is 153 Å². The highest BCUT2D eigenvalue weighted by molar-refractivity contribution is 7.89. The Bertz CT molecular complexity index is 722. The van der Waals surface area contributed by atoms with Crippen LogP contribution >= 0.6 is 0 Å². The Balaban J connectivity index is 2.75. The molecule has 0 spiro atoms. The number of unbranched alkanes of at least 4 members (excludes halogenated alkanes) is 1. The van der Waals surface area contributed by atoms with Gasteiger partial charge < -0.3 is 10.1 Å². The van der Waals surface area contributed by atoms with Gasteiger partial charge in [0.05, 0.1) is 0 Å². The molecule has 0 bridgehead atoms. The van der Waals surface area contributed by atoms with Gasteiger partial charge in [0.15, 0.2) is 6.61 Å². The van der Waals surface area contributed by atoms with E-state index in [0.29, 0.717) is 6.54 Å². The Morgan fingerprint density at radius 2 is 1.88 bits per heavy atom. The molecule has 0 fully saturated rings. The Hall–Kier alpha value is -2.00. The number of benzene rings is 1. The van der Waals surface area contributed by atoms with Gasteiger partial charge in [0.25, 0.3) is 5.91 Å². The van der Waals surface area contributed by atoms with E-state index < -0.39 is 51.2 Å². The SMILES string of the molecule is CCCCNC(=O)COC(=O)C(NS(=O)(=O)c1ccccc1F)C(C)C. The molecule has 26 heavy (non-hydrogen) atoms. The first kappa shape index (κ1) is 22.0. The lowest BCUT2D eigenvalue weighted by molar-refractivity contribution is -0.151. The van der Waals surface area contributed by atoms with Gasteiger partial charge in [-0.2, -0.15) is 4.72 Å². The van der Waals surface area contributed by atoms with Crippen LogP contribution < -0.4 is 10.0 Å². The van der Waals surface area contributed by atoms with Crippen molar-refractivity contribution in [2.75, 3.05) is 13.2 Å². The standard InChI is InChI=1S/C17H25FN2O5S/c1-4-5-10-19-15(21)11-25-17(22)16(12(2)3)20-26(23,24)14-9-7-6-8-13(14)18/h6-9,12,16,20H,4-5,10-11H2,1-3H3,(H,19,21). The summed E-state index contributed by atoms with van der Waals surface area (Å²) in [6.07, 6.45) is 1.71. The lowest BCUT2D eigenvalue weighted by Gasteiger charge is -2.20. The van der Waals surface area contributed by atoms with E-state index in [4.69, 9.17) is 4.74 Å². The van der Waals surface area contributed by atoms with E-state index in [9.17, 15) is 22.4 Å². The van der Waals surface area contributed by atoms with Gasteiger partial charge in [0.2, 0.25) is 10.0 Å². The second kappa shape index (κ2) is 10.2. The van der Waals surface area contributed by atoms with Crippen LogP contribution in [0.25, 0.3) is 0 Å². The first-order valence-electron chi connectivity index (χ1n) is 8.39. The summed E-state index contributed by atoms with van der Waals surface area (Å²) in [6.45, 7) is 5.16. The number of rotatable bonds is 10. The van der Waals surface area contributed by atoms with Gasteiger partial charge in [-0.1, -0.05) is 39.3 Å². The Morgan fingerprint density at radius 1 is 1.23 bits per heavy atom. The molecular weight excluding hydrogens is 363 g/mol. The molecular formula is C17H25FN2O5S. The van der Waals surface area contributed by atoms with Crippen molar-refractivity contribution in [3.63, 3.8) is 0 Å². The average molecular weight is 388 g/mol. The van der Waals surface area contributed by atoms with Crippen LogP contribution in [0.15, 0.2) is 29.2 Å². The van der Waals surface area contributed by atoms with Crippen molar-refractivity contribution in [2.24, 2.45) is 5.92 Å². The number of ether oxygens (including phenoxy) is 1. The summed E-state index contributed by atoms with van der Waals surface area (Å²) < 4.78 is 45.5. The lowest BCUT2D eigenvalue weighted by atomic mass is 10.1. The van der Waals surface area contributed by atoms with E-state index in [1.807, 2.05) is 6.92 Å². The molecule has 1 aromatic rings. The summed E-state index contributed by atoms with van der Waals surface area (Å²) in [6, 6.07) is 3.60. The highest BCUT2D eigenvalue weighted by Gasteiger charge is 2.31. The van der Waals surface area contributed by atoms with E-state index >= 15 is 0 Å². The van der Waals surface area contributed by atoms with Crippen molar-refractivity contribution >= 4 is 21.9 Å². The zero-order valence-electron chi connectivity index (χ0n) is 15.1. The fourth-order valence-electron chi connectivity index (χ4n) is 2.03. The van der Waals surface area contributed by atoms with Gasteiger partial charge in [-0.05, 0) is 24.5 Å². The van der Waals surface area contributed by atoms with E-state index in [-0.39, 0.29) is 0 Å². The second-order valence-corrected chi connectivity index (χ2v) is 7.77. The normalized spacial score (nSPS) is 12.7. The number of sulfonamides is 1. The van der Waals surface area contributed by atoms with Gasteiger partial charge in [0, 0.05) is 6.54 Å². The fourth-order valence-corrected chi connectivity index (χ4v) is 3.44. The maximum Gasteiger partial charge on any atom is 0.324 e.